The van der Waals surface area contributed by atoms with Gasteiger partial charge >= 0.3 is 6.09 Å². The van der Waals surface area contributed by atoms with Crippen LogP contribution < -0.4 is 4.74 Å². The third-order valence-electron chi connectivity index (χ3n) is 3.63. The summed E-state index contributed by atoms with van der Waals surface area (Å²) in [6.07, 6.45) is 0.117. The van der Waals surface area contributed by atoms with Gasteiger partial charge in [-0.1, -0.05) is 6.07 Å². The van der Waals surface area contributed by atoms with Crippen molar-refractivity contribution in [3.8, 4) is 17.0 Å². The minimum atomic E-state index is -0.931. The van der Waals surface area contributed by atoms with Crippen LogP contribution in [0.25, 0.3) is 11.3 Å². The lowest BCUT2D eigenvalue weighted by Crippen LogP contribution is -2.55. The van der Waals surface area contributed by atoms with Crippen molar-refractivity contribution >= 4 is 6.09 Å². The minimum absolute atomic E-state index is 0.132. The summed E-state index contributed by atoms with van der Waals surface area (Å²) in [6, 6.07) is 8.58. The number of halogens is 1. The Hall–Kier alpha value is -2.63. The average Bonchev–Trinajstić information content (AvgIpc) is 2.44. The van der Waals surface area contributed by atoms with Crippen LogP contribution in [0.3, 0.4) is 0 Å². The molecule has 0 radical (unpaired) electrons. The summed E-state index contributed by atoms with van der Waals surface area (Å²) in [7, 11) is 0. The van der Waals surface area contributed by atoms with Crippen molar-refractivity contribution in [3.63, 3.8) is 0 Å². The zero-order valence-electron chi connectivity index (χ0n) is 12.0. The van der Waals surface area contributed by atoms with E-state index in [2.05, 4.69) is 4.98 Å². The number of carboxylic acid groups (broad SMARTS) is 1. The molecule has 1 fully saturated rings. The smallest absolute Gasteiger partial charge is 0.407 e. The van der Waals surface area contributed by atoms with Crippen molar-refractivity contribution in [2.45, 2.75) is 13.0 Å². The monoisotopic (exact) mass is 302 g/mol. The first-order chi connectivity index (χ1) is 10.5. The van der Waals surface area contributed by atoms with Gasteiger partial charge in [-0.2, -0.15) is 0 Å². The van der Waals surface area contributed by atoms with Gasteiger partial charge in [0.2, 0.25) is 0 Å². The fraction of sp³-hybridized carbons (Fsp3) is 0.250. The molecule has 3 rings (SSSR count). The lowest BCUT2D eigenvalue weighted by atomic mass is 10.0. The van der Waals surface area contributed by atoms with E-state index < -0.39 is 6.09 Å². The van der Waals surface area contributed by atoms with Crippen LogP contribution in [0.2, 0.25) is 0 Å². The van der Waals surface area contributed by atoms with E-state index in [0.717, 1.165) is 11.1 Å². The summed E-state index contributed by atoms with van der Waals surface area (Å²) in [4.78, 5) is 16.1. The molecule has 0 unspecified atom stereocenters. The van der Waals surface area contributed by atoms with Gasteiger partial charge in [-0.15, -0.1) is 0 Å². The van der Waals surface area contributed by atoms with Crippen LogP contribution in [0.15, 0.2) is 36.5 Å². The van der Waals surface area contributed by atoms with Crippen LogP contribution in [0.4, 0.5) is 9.18 Å². The number of nitrogens with zero attached hydrogens (tertiary/aromatic N) is 2. The lowest BCUT2D eigenvalue weighted by molar-refractivity contribution is 0.0252. The number of aryl methyl sites for hydroxylation is 1. The van der Waals surface area contributed by atoms with Gasteiger partial charge < -0.3 is 14.7 Å². The predicted octanol–water partition coefficient (Wildman–Crippen LogP) is 2.94. The zero-order chi connectivity index (χ0) is 15.7. The average molecular weight is 302 g/mol. The Balaban J connectivity index is 1.76. The third kappa shape index (κ3) is 2.86. The Morgan fingerprint density at radius 1 is 1.36 bits per heavy atom. The van der Waals surface area contributed by atoms with Gasteiger partial charge in [-0.3, -0.25) is 4.98 Å². The van der Waals surface area contributed by atoms with Gasteiger partial charge in [0, 0.05) is 5.56 Å². The molecule has 0 atom stereocenters. The normalized spacial score (nSPS) is 14.5. The predicted molar refractivity (Wildman–Crippen MR) is 78.4 cm³/mol. The molecule has 114 valence electrons. The molecule has 22 heavy (non-hydrogen) atoms. The lowest BCUT2D eigenvalue weighted by Gasteiger charge is -2.36. The molecule has 1 aliphatic heterocycles. The summed E-state index contributed by atoms with van der Waals surface area (Å²) < 4.78 is 18.7. The maximum Gasteiger partial charge on any atom is 0.407 e. The molecule has 2 aromatic rings. The van der Waals surface area contributed by atoms with Crippen molar-refractivity contribution in [1.82, 2.24) is 9.88 Å². The summed E-state index contributed by atoms with van der Waals surface area (Å²) in [5.74, 6) is 0.277. The second-order valence-electron chi connectivity index (χ2n) is 5.27. The van der Waals surface area contributed by atoms with Crippen molar-refractivity contribution < 1.29 is 19.0 Å². The number of rotatable bonds is 3. The van der Waals surface area contributed by atoms with Crippen molar-refractivity contribution in [1.29, 1.82) is 0 Å². The number of hydrogen-bond acceptors (Lipinski definition) is 3. The van der Waals surface area contributed by atoms with Gasteiger partial charge in [0.05, 0.1) is 25.0 Å². The van der Waals surface area contributed by atoms with Crippen LogP contribution in [-0.2, 0) is 0 Å². The third-order valence-corrected chi connectivity index (χ3v) is 3.63. The molecule has 1 aliphatic rings. The SMILES string of the molecule is Cc1ccc(OC2CN(C(=O)O)C2)cc1-c1ccc(F)cn1. The number of likely N-dealkylation sites (tertiary alicyclic amines) is 1. The summed E-state index contributed by atoms with van der Waals surface area (Å²) >= 11 is 0. The maximum absolute atomic E-state index is 13.0. The molecular formula is C16H15FN2O3. The highest BCUT2D eigenvalue weighted by atomic mass is 19.1. The maximum atomic E-state index is 13.0. The molecule has 1 aromatic carbocycles. The Morgan fingerprint density at radius 3 is 2.77 bits per heavy atom. The highest BCUT2D eigenvalue weighted by molar-refractivity contribution is 5.66. The molecule has 2 heterocycles. The number of ether oxygens (including phenoxy) is 1. The Bertz CT molecular complexity index is 697. The number of carbonyl (C=O) groups is 1. The summed E-state index contributed by atoms with van der Waals surface area (Å²) in [5, 5.41) is 8.80. The van der Waals surface area contributed by atoms with Gasteiger partial charge in [0.1, 0.15) is 17.7 Å². The van der Waals surface area contributed by atoms with Crippen molar-refractivity contribution in [2.75, 3.05) is 13.1 Å². The second kappa shape index (κ2) is 5.63. The van der Waals surface area contributed by atoms with E-state index in [9.17, 15) is 9.18 Å². The number of pyridine rings is 1. The highest BCUT2D eigenvalue weighted by Gasteiger charge is 2.32. The molecule has 5 nitrogen and oxygen atoms in total. The molecule has 0 saturated carbocycles. The molecule has 1 amide bonds. The molecule has 0 spiro atoms. The van der Waals surface area contributed by atoms with Crippen LogP contribution >= 0.6 is 0 Å². The van der Waals surface area contributed by atoms with Gasteiger partial charge in [-0.05, 0) is 36.8 Å². The van der Waals surface area contributed by atoms with Gasteiger partial charge in [0.15, 0.2) is 0 Å². The first-order valence-corrected chi connectivity index (χ1v) is 6.90. The van der Waals surface area contributed by atoms with E-state index in [1.165, 1.54) is 17.2 Å². The van der Waals surface area contributed by atoms with Crippen LogP contribution in [0.1, 0.15) is 5.56 Å². The molecular weight excluding hydrogens is 287 g/mol. The molecule has 1 N–H and O–H groups in total. The zero-order valence-corrected chi connectivity index (χ0v) is 12.0. The molecule has 0 bridgehead atoms. The Kier molecular flexibility index (Phi) is 3.66. The molecule has 6 heteroatoms. The number of hydrogen-bond donors (Lipinski definition) is 1. The first-order valence-electron chi connectivity index (χ1n) is 6.90. The number of benzene rings is 1. The van der Waals surface area contributed by atoms with Crippen molar-refractivity contribution in [3.05, 3.63) is 47.9 Å². The van der Waals surface area contributed by atoms with E-state index in [1.807, 2.05) is 25.1 Å². The van der Waals surface area contributed by atoms with E-state index in [0.29, 0.717) is 24.5 Å². The van der Waals surface area contributed by atoms with Crippen LogP contribution in [-0.4, -0.2) is 40.3 Å². The summed E-state index contributed by atoms with van der Waals surface area (Å²) in [5.41, 5.74) is 2.55. The van der Waals surface area contributed by atoms with E-state index in [4.69, 9.17) is 9.84 Å². The van der Waals surface area contributed by atoms with Crippen LogP contribution in [0, 0.1) is 12.7 Å². The molecule has 1 aromatic heterocycles. The summed E-state index contributed by atoms with van der Waals surface area (Å²) in [6.45, 7) is 2.68. The standard InChI is InChI=1S/C16H15FN2O3/c1-10-2-4-12(22-13-8-19(9-13)16(20)21)6-14(10)15-5-3-11(17)7-18-15/h2-7,13H,8-9H2,1H3,(H,20,21). The largest absolute Gasteiger partial charge is 0.487 e. The number of amides is 1. The highest BCUT2D eigenvalue weighted by Crippen LogP contribution is 2.28. The number of aromatic nitrogens is 1. The van der Waals surface area contributed by atoms with Crippen molar-refractivity contribution in [2.24, 2.45) is 0 Å². The Morgan fingerprint density at radius 2 is 2.14 bits per heavy atom. The van der Waals surface area contributed by atoms with E-state index in [-0.39, 0.29) is 11.9 Å². The topological polar surface area (TPSA) is 62.7 Å². The van der Waals surface area contributed by atoms with Gasteiger partial charge in [-0.25, -0.2) is 9.18 Å². The first kappa shape index (κ1) is 14.3. The second-order valence-corrected chi connectivity index (χ2v) is 5.27. The minimum Gasteiger partial charge on any atom is -0.487 e. The Labute approximate surface area is 127 Å². The molecule has 0 aliphatic carbocycles. The molecule has 1 saturated heterocycles. The fourth-order valence-corrected chi connectivity index (χ4v) is 2.35. The quantitative estimate of drug-likeness (QED) is 0.947. The fourth-order valence-electron chi connectivity index (χ4n) is 2.35. The van der Waals surface area contributed by atoms with Crippen LogP contribution in [0.5, 0.6) is 5.75 Å². The van der Waals surface area contributed by atoms with E-state index in [1.54, 1.807) is 6.07 Å². The van der Waals surface area contributed by atoms with Gasteiger partial charge in [0.25, 0.3) is 0 Å². The van der Waals surface area contributed by atoms with E-state index >= 15 is 0 Å².